The average Bonchev–Trinajstić information content (AvgIpc) is 3.36. The molecule has 1 unspecified atom stereocenters. The van der Waals surface area contributed by atoms with Gasteiger partial charge in [-0.25, -0.2) is 0 Å². The Kier molecular flexibility index (Phi) is 5.23. The van der Waals surface area contributed by atoms with Crippen LogP contribution in [0.5, 0.6) is 0 Å². The highest BCUT2D eigenvalue weighted by molar-refractivity contribution is 8.01. The molecular weight excluding hydrogens is 372 g/mol. The molecule has 0 saturated carbocycles. The summed E-state index contributed by atoms with van der Waals surface area (Å²) < 4.78 is 3.27. The molecular formula is C16H18N6S3. The predicted octanol–water partition coefficient (Wildman–Crippen LogP) is 4.06. The van der Waals surface area contributed by atoms with Crippen molar-refractivity contribution >= 4 is 40.0 Å². The third kappa shape index (κ3) is 3.68. The van der Waals surface area contributed by atoms with E-state index in [0.717, 1.165) is 50.5 Å². The number of thioether (sulfide) groups is 2. The molecule has 1 atom stereocenters. The number of rotatable bonds is 7. The normalized spacial score (nSPS) is 16.1. The van der Waals surface area contributed by atoms with Gasteiger partial charge < -0.3 is 5.32 Å². The first-order valence-electron chi connectivity index (χ1n) is 8.18. The van der Waals surface area contributed by atoms with E-state index in [-0.39, 0.29) is 0 Å². The van der Waals surface area contributed by atoms with Crippen LogP contribution in [0.4, 0.5) is 5.13 Å². The molecule has 0 bridgehead atoms. The number of nitrogens with one attached hydrogen (secondary N) is 1. The van der Waals surface area contributed by atoms with Gasteiger partial charge in [-0.3, -0.25) is 4.57 Å². The Morgan fingerprint density at radius 2 is 2.08 bits per heavy atom. The van der Waals surface area contributed by atoms with Crippen molar-refractivity contribution in [1.29, 1.82) is 0 Å². The molecule has 1 N–H and O–H groups in total. The molecule has 1 aliphatic rings. The van der Waals surface area contributed by atoms with E-state index in [1.54, 1.807) is 34.9 Å². The van der Waals surface area contributed by atoms with Gasteiger partial charge in [-0.2, -0.15) is 0 Å². The first-order valence-corrected chi connectivity index (χ1v) is 11.0. The molecule has 0 saturated heterocycles. The van der Waals surface area contributed by atoms with E-state index >= 15 is 0 Å². The fourth-order valence-corrected chi connectivity index (χ4v) is 5.71. The quantitative estimate of drug-likeness (QED) is 0.610. The number of nitrogens with zero attached hydrogens (tertiary/aromatic N) is 5. The number of anilines is 1. The molecule has 25 heavy (non-hydrogen) atoms. The van der Waals surface area contributed by atoms with Crippen LogP contribution >= 0.6 is 34.9 Å². The summed E-state index contributed by atoms with van der Waals surface area (Å²) in [5.41, 5.74) is 1.11. The monoisotopic (exact) mass is 390 g/mol. The smallest absolute Gasteiger partial charge is 0.206 e. The second-order valence-electron chi connectivity index (χ2n) is 5.62. The van der Waals surface area contributed by atoms with Gasteiger partial charge in [-0.05, 0) is 6.42 Å². The number of hydrogen-bond donors (Lipinski definition) is 1. The van der Waals surface area contributed by atoms with Gasteiger partial charge in [0, 0.05) is 23.6 Å². The Bertz CT molecular complexity index is 832. The van der Waals surface area contributed by atoms with E-state index in [1.807, 2.05) is 18.2 Å². The molecule has 6 nitrogen and oxygen atoms in total. The highest BCUT2D eigenvalue weighted by Gasteiger charge is 2.28. The summed E-state index contributed by atoms with van der Waals surface area (Å²) in [7, 11) is 0. The Labute approximate surface area is 158 Å². The second kappa shape index (κ2) is 7.76. The molecule has 4 rings (SSSR count). The van der Waals surface area contributed by atoms with Gasteiger partial charge in [-0.15, -0.1) is 20.4 Å². The van der Waals surface area contributed by atoms with Gasteiger partial charge in [-0.1, -0.05) is 72.1 Å². The van der Waals surface area contributed by atoms with Crippen LogP contribution in [0, 0.1) is 0 Å². The minimum absolute atomic E-state index is 0.367. The lowest BCUT2D eigenvalue weighted by Gasteiger charge is -2.13. The first kappa shape index (κ1) is 16.9. The fourth-order valence-electron chi connectivity index (χ4n) is 2.60. The summed E-state index contributed by atoms with van der Waals surface area (Å²) in [6.07, 6.45) is 1.08. The zero-order chi connectivity index (χ0) is 17.1. The highest BCUT2D eigenvalue weighted by Crippen LogP contribution is 2.39. The van der Waals surface area contributed by atoms with Crippen LogP contribution in [0.15, 0.2) is 39.8 Å². The Morgan fingerprint density at radius 3 is 2.92 bits per heavy atom. The van der Waals surface area contributed by atoms with Gasteiger partial charge in [0.25, 0.3) is 0 Å². The van der Waals surface area contributed by atoms with Crippen molar-refractivity contribution < 1.29 is 0 Å². The number of hydrogen-bond acceptors (Lipinski definition) is 8. The molecule has 3 aromatic rings. The molecule has 0 fully saturated rings. The Hall–Kier alpha value is -1.58. The van der Waals surface area contributed by atoms with Crippen molar-refractivity contribution in [3.05, 3.63) is 30.3 Å². The molecule has 1 aromatic carbocycles. The van der Waals surface area contributed by atoms with E-state index in [9.17, 15) is 0 Å². The Morgan fingerprint density at radius 1 is 1.20 bits per heavy atom. The molecule has 2 aromatic heterocycles. The summed E-state index contributed by atoms with van der Waals surface area (Å²) in [6.45, 7) is 3.07. The predicted molar refractivity (Wildman–Crippen MR) is 105 cm³/mol. The summed E-state index contributed by atoms with van der Waals surface area (Å²) >= 11 is 5.15. The third-order valence-corrected chi connectivity index (χ3v) is 7.05. The molecule has 0 amide bonds. The van der Waals surface area contributed by atoms with E-state index in [0.29, 0.717) is 6.04 Å². The fraction of sp³-hybridized carbons (Fsp3) is 0.375. The van der Waals surface area contributed by atoms with Crippen LogP contribution in [0.3, 0.4) is 0 Å². The maximum absolute atomic E-state index is 4.40. The topological polar surface area (TPSA) is 68.5 Å². The van der Waals surface area contributed by atoms with Gasteiger partial charge in [0.05, 0.1) is 6.04 Å². The maximum Gasteiger partial charge on any atom is 0.206 e. The van der Waals surface area contributed by atoms with Crippen molar-refractivity contribution in [2.75, 3.05) is 23.4 Å². The summed E-state index contributed by atoms with van der Waals surface area (Å²) in [5.74, 6) is 2.92. The van der Waals surface area contributed by atoms with Crippen molar-refractivity contribution in [3.8, 4) is 11.4 Å². The lowest BCUT2D eigenvalue weighted by Crippen LogP contribution is -2.11. The van der Waals surface area contributed by atoms with Crippen molar-refractivity contribution in [1.82, 2.24) is 25.0 Å². The lowest BCUT2D eigenvalue weighted by molar-refractivity contribution is 0.597. The van der Waals surface area contributed by atoms with Crippen molar-refractivity contribution in [3.63, 3.8) is 0 Å². The number of fused-ring (bicyclic) bond motifs is 1. The molecule has 0 spiro atoms. The largest absolute Gasteiger partial charge is 0.360 e. The average molecular weight is 391 g/mol. The number of aromatic nitrogens is 5. The lowest BCUT2D eigenvalue weighted by atomic mass is 10.2. The molecule has 9 heteroatoms. The summed E-state index contributed by atoms with van der Waals surface area (Å²) in [6, 6.07) is 10.6. The molecule has 3 heterocycles. The van der Waals surface area contributed by atoms with Crippen LogP contribution in [-0.4, -0.2) is 43.0 Å². The summed E-state index contributed by atoms with van der Waals surface area (Å²) in [5, 5.41) is 22.4. The van der Waals surface area contributed by atoms with E-state index < -0.39 is 0 Å². The SMILES string of the molecule is CCCNc1nnc(SCC2CSc3nnc(-c4ccccc4)n32)s1. The van der Waals surface area contributed by atoms with Crippen LogP contribution in [-0.2, 0) is 0 Å². The van der Waals surface area contributed by atoms with E-state index in [2.05, 4.69) is 49.3 Å². The zero-order valence-corrected chi connectivity index (χ0v) is 16.2. The van der Waals surface area contributed by atoms with Crippen LogP contribution < -0.4 is 5.32 Å². The van der Waals surface area contributed by atoms with Crippen LogP contribution in [0.1, 0.15) is 19.4 Å². The van der Waals surface area contributed by atoms with Gasteiger partial charge >= 0.3 is 0 Å². The third-order valence-electron chi connectivity index (χ3n) is 3.80. The van der Waals surface area contributed by atoms with E-state index in [1.165, 1.54) is 0 Å². The summed E-state index contributed by atoms with van der Waals surface area (Å²) in [4.78, 5) is 0. The van der Waals surface area contributed by atoms with Crippen LogP contribution in [0.25, 0.3) is 11.4 Å². The second-order valence-corrected chi connectivity index (χ2v) is 8.85. The van der Waals surface area contributed by atoms with E-state index in [4.69, 9.17) is 0 Å². The van der Waals surface area contributed by atoms with Gasteiger partial charge in [0.2, 0.25) is 5.13 Å². The van der Waals surface area contributed by atoms with Gasteiger partial charge in [0.1, 0.15) is 0 Å². The highest BCUT2D eigenvalue weighted by atomic mass is 32.2. The Balaban J connectivity index is 1.46. The molecule has 130 valence electrons. The minimum atomic E-state index is 0.367. The minimum Gasteiger partial charge on any atom is -0.360 e. The maximum atomic E-state index is 4.40. The van der Waals surface area contributed by atoms with Crippen LogP contribution in [0.2, 0.25) is 0 Å². The van der Waals surface area contributed by atoms with Crippen molar-refractivity contribution in [2.24, 2.45) is 0 Å². The molecule has 0 radical (unpaired) electrons. The zero-order valence-electron chi connectivity index (χ0n) is 13.8. The molecule has 1 aliphatic heterocycles. The van der Waals surface area contributed by atoms with Crippen molar-refractivity contribution in [2.45, 2.75) is 28.9 Å². The first-order chi connectivity index (χ1) is 12.3. The van der Waals surface area contributed by atoms with Gasteiger partial charge in [0.15, 0.2) is 15.3 Å². The number of benzene rings is 1. The standard InChI is InChI=1S/C16H18N6S3/c1-2-8-17-14-19-21-16(25-14)24-10-12-9-23-15-20-18-13(22(12)15)11-6-4-3-5-7-11/h3-7,12H,2,8-10H2,1H3,(H,17,19). The molecule has 0 aliphatic carbocycles.